The van der Waals surface area contributed by atoms with E-state index in [9.17, 15) is 9.90 Å². The number of amides is 1. The third-order valence-electron chi connectivity index (χ3n) is 7.08. The van der Waals surface area contributed by atoms with Gasteiger partial charge in [-0.3, -0.25) is 9.89 Å². The number of rotatable bonds is 9. The van der Waals surface area contributed by atoms with Crippen molar-refractivity contribution in [1.82, 2.24) is 15.1 Å². The first-order chi connectivity index (χ1) is 18.9. The number of aromatic nitrogens is 2. The molecule has 2 heterocycles. The molecule has 2 N–H and O–H groups in total. The number of carbonyl (C=O) groups is 1. The number of methoxy groups -OCH3 is 4. The van der Waals surface area contributed by atoms with Gasteiger partial charge in [-0.25, -0.2) is 0 Å². The van der Waals surface area contributed by atoms with E-state index >= 15 is 0 Å². The molecule has 0 bridgehead atoms. The summed E-state index contributed by atoms with van der Waals surface area (Å²) in [5.41, 5.74) is 5.01. The minimum Gasteiger partial charge on any atom is -0.507 e. The smallest absolute Gasteiger partial charge is 0.273 e. The first-order valence-corrected chi connectivity index (χ1v) is 12.5. The zero-order chi connectivity index (χ0) is 27.7. The number of nitrogens with zero attached hydrogens (tertiary/aromatic N) is 2. The fraction of sp³-hybridized carbons (Fsp3) is 0.267. The summed E-state index contributed by atoms with van der Waals surface area (Å²) in [6, 6.07) is 16.2. The maximum Gasteiger partial charge on any atom is 0.273 e. The first kappa shape index (κ1) is 26.0. The molecule has 9 nitrogen and oxygen atoms in total. The van der Waals surface area contributed by atoms with Gasteiger partial charge in [-0.2, -0.15) is 5.10 Å². The largest absolute Gasteiger partial charge is 0.507 e. The van der Waals surface area contributed by atoms with E-state index in [1.807, 2.05) is 60.4 Å². The molecule has 0 saturated carbocycles. The predicted octanol–water partition coefficient (Wildman–Crippen LogP) is 4.91. The summed E-state index contributed by atoms with van der Waals surface area (Å²) < 4.78 is 21.8. The van der Waals surface area contributed by atoms with Crippen molar-refractivity contribution < 1.29 is 28.8 Å². The second kappa shape index (κ2) is 10.6. The summed E-state index contributed by atoms with van der Waals surface area (Å²) in [5.74, 6) is 2.34. The fourth-order valence-electron chi connectivity index (χ4n) is 5.13. The van der Waals surface area contributed by atoms with E-state index < -0.39 is 6.04 Å². The molecule has 0 spiro atoms. The maximum absolute atomic E-state index is 13.8. The number of nitrogens with one attached hydrogen (secondary N) is 1. The molecule has 0 unspecified atom stereocenters. The Morgan fingerprint density at radius 3 is 2.23 bits per heavy atom. The molecule has 3 aromatic carbocycles. The Morgan fingerprint density at radius 2 is 1.54 bits per heavy atom. The van der Waals surface area contributed by atoms with E-state index in [1.165, 1.54) is 0 Å². The number of benzene rings is 3. The lowest BCUT2D eigenvalue weighted by atomic mass is 9.94. The highest BCUT2D eigenvalue weighted by Crippen LogP contribution is 2.46. The van der Waals surface area contributed by atoms with Gasteiger partial charge >= 0.3 is 0 Å². The molecule has 1 aromatic heterocycles. The molecule has 0 fully saturated rings. The number of hydrogen-bond donors (Lipinski definition) is 2. The number of aryl methyl sites for hydroxylation is 1. The van der Waals surface area contributed by atoms with Gasteiger partial charge in [0.15, 0.2) is 23.0 Å². The molecule has 1 atom stereocenters. The van der Waals surface area contributed by atoms with Crippen molar-refractivity contribution in [1.29, 1.82) is 0 Å². The van der Waals surface area contributed by atoms with Gasteiger partial charge in [0.2, 0.25) is 0 Å². The van der Waals surface area contributed by atoms with Crippen LogP contribution < -0.4 is 18.9 Å². The van der Waals surface area contributed by atoms with Gasteiger partial charge in [0.1, 0.15) is 17.1 Å². The second-order valence-electron chi connectivity index (χ2n) is 9.34. The van der Waals surface area contributed by atoms with Crippen molar-refractivity contribution >= 4 is 5.91 Å². The molecule has 0 aliphatic carbocycles. The second-order valence-corrected chi connectivity index (χ2v) is 9.34. The van der Waals surface area contributed by atoms with Crippen LogP contribution in [0.1, 0.15) is 38.8 Å². The SMILES string of the molecule is COc1ccc(CCN2C(=O)c3[nH]nc(-c4cc(C)ccc4O)c3[C@@H]2c2ccc(OC)c(OC)c2)cc1OC. The van der Waals surface area contributed by atoms with Crippen LogP contribution in [-0.2, 0) is 6.42 Å². The van der Waals surface area contributed by atoms with Crippen molar-refractivity contribution in [2.45, 2.75) is 19.4 Å². The lowest BCUT2D eigenvalue weighted by Gasteiger charge is -2.27. The van der Waals surface area contributed by atoms with E-state index in [4.69, 9.17) is 18.9 Å². The number of aromatic amines is 1. The van der Waals surface area contributed by atoms with Gasteiger partial charge in [-0.15, -0.1) is 0 Å². The van der Waals surface area contributed by atoms with Gasteiger partial charge in [0, 0.05) is 17.7 Å². The Balaban J connectivity index is 1.59. The summed E-state index contributed by atoms with van der Waals surface area (Å²) in [5, 5.41) is 18.1. The van der Waals surface area contributed by atoms with Crippen LogP contribution in [0.4, 0.5) is 0 Å². The normalized spacial score (nSPS) is 14.3. The molecule has 1 amide bonds. The average molecular weight is 530 g/mol. The highest BCUT2D eigenvalue weighted by Gasteiger charge is 2.42. The Morgan fingerprint density at radius 1 is 0.872 bits per heavy atom. The number of carbonyl (C=O) groups excluding carboxylic acids is 1. The Labute approximate surface area is 226 Å². The number of phenolic OH excluding ortho intramolecular Hbond substituents is 1. The number of H-pyrrole nitrogens is 1. The monoisotopic (exact) mass is 529 g/mol. The standard InChI is InChI=1S/C30H31N3O6/c1-17-6-9-21(34)20(14-17)27-26-28(32-31-27)30(35)33(13-12-18-7-10-22(36-2)24(15-18)38-4)29(26)19-8-11-23(37-3)25(16-19)39-5/h6-11,14-16,29,34H,12-13H2,1-5H3,(H,31,32)/t29-/m0/s1. The van der Waals surface area contributed by atoms with E-state index in [0.29, 0.717) is 58.5 Å². The molecule has 0 saturated heterocycles. The fourth-order valence-corrected chi connectivity index (χ4v) is 5.13. The summed E-state index contributed by atoms with van der Waals surface area (Å²) >= 11 is 0. The van der Waals surface area contributed by atoms with Crippen molar-refractivity contribution in [2.75, 3.05) is 35.0 Å². The Kier molecular flexibility index (Phi) is 7.06. The predicted molar refractivity (Wildman–Crippen MR) is 146 cm³/mol. The summed E-state index contributed by atoms with van der Waals surface area (Å²) in [7, 11) is 6.36. The van der Waals surface area contributed by atoms with Crippen LogP contribution in [0.25, 0.3) is 11.3 Å². The Bertz CT molecular complexity index is 1530. The van der Waals surface area contributed by atoms with E-state index in [2.05, 4.69) is 10.2 Å². The van der Waals surface area contributed by atoms with Crippen molar-refractivity contribution in [2.24, 2.45) is 0 Å². The lowest BCUT2D eigenvalue weighted by molar-refractivity contribution is 0.0745. The van der Waals surface area contributed by atoms with E-state index in [-0.39, 0.29) is 11.7 Å². The lowest BCUT2D eigenvalue weighted by Crippen LogP contribution is -2.31. The van der Waals surface area contributed by atoms with Gasteiger partial charge in [0.05, 0.1) is 34.5 Å². The molecule has 202 valence electrons. The molecule has 9 heteroatoms. The van der Waals surface area contributed by atoms with Crippen LogP contribution in [-0.4, -0.2) is 61.1 Å². The molecule has 0 radical (unpaired) electrons. The summed E-state index contributed by atoms with van der Waals surface area (Å²) in [4.78, 5) is 15.6. The Hall–Kier alpha value is -4.66. The zero-order valence-electron chi connectivity index (χ0n) is 22.6. The van der Waals surface area contributed by atoms with E-state index in [0.717, 1.165) is 16.7 Å². The van der Waals surface area contributed by atoms with Crippen LogP contribution in [0.15, 0.2) is 54.6 Å². The molecule has 5 rings (SSSR count). The molecular weight excluding hydrogens is 498 g/mol. The van der Waals surface area contributed by atoms with E-state index in [1.54, 1.807) is 34.5 Å². The quantitative estimate of drug-likeness (QED) is 0.317. The topological polar surface area (TPSA) is 106 Å². The number of ether oxygens (including phenoxy) is 4. The molecule has 39 heavy (non-hydrogen) atoms. The maximum atomic E-state index is 13.8. The first-order valence-electron chi connectivity index (χ1n) is 12.5. The van der Waals surface area contributed by atoms with Crippen molar-refractivity contribution in [3.05, 3.63) is 82.5 Å². The molecular formula is C30H31N3O6. The van der Waals surface area contributed by atoms with Crippen LogP contribution in [0, 0.1) is 6.92 Å². The van der Waals surface area contributed by atoms with Crippen LogP contribution in [0.5, 0.6) is 28.7 Å². The third-order valence-corrected chi connectivity index (χ3v) is 7.08. The summed E-state index contributed by atoms with van der Waals surface area (Å²) in [6.45, 7) is 2.37. The number of fused-ring (bicyclic) bond motifs is 1. The van der Waals surface area contributed by atoms with Crippen LogP contribution >= 0.6 is 0 Å². The number of phenols is 1. The molecule has 4 aromatic rings. The van der Waals surface area contributed by atoms with Crippen molar-refractivity contribution in [3.8, 4) is 40.0 Å². The molecule has 1 aliphatic heterocycles. The third kappa shape index (κ3) is 4.60. The minimum absolute atomic E-state index is 0.0946. The highest BCUT2D eigenvalue weighted by molar-refractivity contribution is 6.00. The average Bonchev–Trinajstić information content (AvgIpc) is 3.50. The zero-order valence-corrected chi connectivity index (χ0v) is 22.6. The van der Waals surface area contributed by atoms with Gasteiger partial charge in [-0.05, 0) is 60.9 Å². The minimum atomic E-state index is -0.471. The van der Waals surface area contributed by atoms with Crippen LogP contribution in [0.2, 0.25) is 0 Å². The van der Waals surface area contributed by atoms with Crippen molar-refractivity contribution in [3.63, 3.8) is 0 Å². The number of hydrogen-bond acceptors (Lipinski definition) is 7. The highest BCUT2D eigenvalue weighted by atomic mass is 16.5. The summed E-state index contributed by atoms with van der Waals surface area (Å²) in [6.07, 6.45) is 0.582. The van der Waals surface area contributed by atoms with Gasteiger partial charge in [0.25, 0.3) is 5.91 Å². The van der Waals surface area contributed by atoms with Gasteiger partial charge in [-0.1, -0.05) is 23.8 Å². The van der Waals surface area contributed by atoms with Crippen LogP contribution in [0.3, 0.4) is 0 Å². The molecule has 1 aliphatic rings. The number of aromatic hydroxyl groups is 1. The van der Waals surface area contributed by atoms with Gasteiger partial charge < -0.3 is 29.0 Å².